The van der Waals surface area contributed by atoms with E-state index in [4.69, 9.17) is 0 Å². The molecule has 0 aromatic heterocycles. The lowest BCUT2D eigenvalue weighted by Gasteiger charge is -2.34. The SMILES string of the molecule is COC(=O)CCCSCCN1C(=O)CCCC1C=CC(O)CCC1CC1. The van der Waals surface area contributed by atoms with Crippen LogP contribution in [0.2, 0.25) is 0 Å². The van der Waals surface area contributed by atoms with Crippen molar-refractivity contribution in [3.05, 3.63) is 12.2 Å². The van der Waals surface area contributed by atoms with Crippen LogP contribution in [0.15, 0.2) is 12.2 Å². The van der Waals surface area contributed by atoms with Crippen LogP contribution in [0.25, 0.3) is 0 Å². The summed E-state index contributed by atoms with van der Waals surface area (Å²) >= 11 is 1.77. The van der Waals surface area contributed by atoms with E-state index in [1.807, 2.05) is 17.1 Å². The Morgan fingerprint density at radius 2 is 2.19 bits per heavy atom. The lowest BCUT2D eigenvalue weighted by molar-refractivity contribution is -0.140. The summed E-state index contributed by atoms with van der Waals surface area (Å²) in [5.74, 6) is 2.66. The third-order valence-corrected chi connectivity index (χ3v) is 6.16. The number of aliphatic hydroxyl groups is 1. The summed E-state index contributed by atoms with van der Waals surface area (Å²) < 4.78 is 4.63. The van der Waals surface area contributed by atoms with E-state index in [0.29, 0.717) is 12.8 Å². The van der Waals surface area contributed by atoms with Crippen molar-refractivity contribution < 1.29 is 19.4 Å². The Morgan fingerprint density at radius 3 is 2.92 bits per heavy atom. The fourth-order valence-electron chi connectivity index (χ4n) is 3.29. The molecule has 0 aromatic rings. The normalized spacial score (nSPS) is 22.0. The molecule has 0 spiro atoms. The van der Waals surface area contributed by atoms with Crippen LogP contribution in [-0.2, 0) is 14.3 Å². The summed E-state index contributed by atoms with van der Waals surface area (Å²) in [5, 5.41) is 10.1. The highest BCUT2D eigenvalue weighted by Gasteiger charge is 2.26. The number of carbonyl (C=O) groups is 2. The van der Waals surface area contributed by atoms with Crippen LogP contribution in [-0.4, -0.2) is 59.2 Å². The van der Waals surface area contributed by atoms with Crippen LogP contribution in [0.4, 0.5) is 0 Å². The third-order valence-electron chi connectivity index (χ3n) is 5.11. The Kier molecular flexibility index (Phi) is 9.54. The number of carbonyl (C=O) groups excluding carboxylic acids is 2. The van der Waals surface area contributed by atoms with Gasteiger partial charge < -0.3 is 14.7 Å². The standard InChI is InChI=1S/C20H33NO4S/c1-25-20(24)6-3-14-26-15-13-21-17(4-2-5-19(21)23)10-12-18(22)11-9-16-7-8-16/h10,12,16-18,22H,2-9,11,13-15H2,1H3. The predicted octanol–water partition coefficient (Wildman–Crippen LogP) is 3.16. The van der Waals surface area contributed by atoms with Crippen molar-refractivity contribution in [2.24, 2.45) is 5.92 Å². The van der Waals surface area contributed by atoms with Crippen LogP contribution >= 0.6 is 11.8 Å². The maximum atomic E-state index is 12.3. The van der Waals surface area contributed by atoms with Gasteiger partial charge in [-0.2, -0.15) is 11.8 Å². The summed E-state index contributed by atoms with van der Waals surface area (Å²) in [7, 11) is 1.41. The quantitative estimate of drug-likeness (QED) is 0.319. The third kappa shape index (κ3) is 8.12. The van der Waals surface area contributed by atoms with Gasteiger partial charge in [0.1, 0.15) is 0 Å². The number of thioether (sulfide) groups is 1. The average Bonchev–Trinajstić information content (AvgIpc) is 3.46. The first kappa shape index (κ1) is 21.3. The van der Waals surface area contributed by atoms with Crippen molar-refractivity contribution in [2.75, 3.05) is 25.2 Å². The molecule has 1 heterocycles. The molecule has 0 aromatic carbocycles. The fourth-order valence-corrected chi connectivity index (χ4v) is 4.17. The predicted molar refractivity (Wildman–Crippen MR) is 105 cm³/mol. The van der Waals surface area contributed by atoms with E-state index in [1.54, 1.807) is 11.8 Å². The minimum absolute atomic E-state index is 0.113. The molecule has 1 saturated heterocycles. The van der Waals surface area contributed by atoms with Crippen molar-refractivity contribution in [2.45, 2.75) is 69.9 Å². The minimum atomic E-state index is -0.387. The number of hydrogen-bond acceptors (Lipinski definition) is 5. The lowest BCUT2D eigenvalue weighted by atomic mass is 10.00. The van der Waals surface area contributed by atoms with E-state index in [2.05, 4.69) is 4.74 Å². The number of hydrogen-bond donors (Lipinski definition) is 1. The maximum absolute atomic E-state index is 12.3. The molecule has 2 fully saturated rings. The highest BCUT2D eigenvalue weighted by molar-refractivity contribution is 7.99. The number of aliphatic hydroxyl groups excluding tert-OH is 1. The number of likely N-dealkylation sites (tertiary alicyclic amines) is 1. The van der Waals surface area contributed by atoms with Crippen LogP contribution in [0.5, 0.6) is 0 Å². The van der Waals surface area contributed by atoms with Gasteiger partial charge in [0.15, 0.2) is 0 Å². The zero-order valence-corrected chi connectivity index (χ0v) is 16.7. The van der Waals surface area contributed by atoms with Crippen molar-refractivity contribution in [1.82, 2.24) is 4.90 Å². The monoisotopic (exact) mass is 383 g/mol. The van der Waals surface area contributed by atoms with Crippen LogP contribution < -0.4 is 0 Å². The molecule has 5 nitrogen and oxygen atoms in total. The summed E-state index contributed by atoms with van der Waals surface area (Å²) in [5.41, 5.74) is 0. The Labute approximate surface area is 161 Å². The number of piperidine rings is 1. The number of nitrogens with zero attached hydrogens (tertiary/aromatic N) is 1. The van der Waals surface area contributed by atoms with Gasteiger partial charge in [0.05, 0.1) is 19.3 Å². The Balaban J connectivity index is 1.68. The second-order valence-corrected chi connectivity index (χ2v) is 8.54. The van der Waals surface area contributed by atoms with Crippen molar-refractivity contribution >= 4 is 23.6 Å². The molecule has 1 aliphatic heterocycles. The summed E-state index contributed by atoms with van der Waals surface area (Å²) in [4.78, 5) is 25.3. The number of methoxy groups -OCH3 is 1. The van der Waals surface area contributed by atoms with Crippen LogP contribution in [0, 0.1) is 5.92 Å². The number of esters is 1. The molecule has 1 saturated carbocycles. The first-order valence-corrected chi connectivity index (χ1v) is 11.1. The van der Waals surface area contributed by atoms with Gasteiger partial charge in [-0.05, 0) is 43.8 Å². The Bertz CT molecular complexity index is 478. The van der Waals surface area contributed by atoms with Crippen molar-refractivity contribution in [3.8, 4) is 0 Å². The molecule has 1 aliphatic carbocycles. The van der Waals surface area contributed by atoms with Gasteiger partial charge in [0.25, 0.3) is 0 Å². The fraction of sp³-hybridized carbons (Fsp3) is 0.800. The number of amides is 1. The van der Waals surface area contributed by atoms with Crippen molar-refractivity contribution in [1.29, 1.82) is 0 Å². The van der Waals surface area contributed by atoms with E-state index in [0.717, 1.165) is 56.1 Å². The van der Waals surface area contributed by atoms with E-state index >= 15 is 0 Å². The molecular weight excluding hydrogens is 350 g/mol. The number of ether oxygens (including phenoxy) is 1. The van der Waals surface area contributed by atoms with Gasteiger partial charge in [-0.1, -0.05) is 25.0 Å². The second-order valence-electron chi connectivity index (χ2n) is 7.31. The first-order valence-electron chi connectivity index (χ1n) is 9.90. The molecule has 2 aliphatic rings. The lowest BCUT2D eigenvalue weighted by Crippen LogP contribution is -2.43. The molecule has 0 bridgehead atoms. The average molecular weight is 384 g/mol. The van der Waals surface area contributed by atoms with Gasteiger partial charge in [-0.15, -0.1) is 0 Å². The Morgan fingerprint density at radius 1 is 1.38 bits per heavy atom. The molecule has 26 heavy (non-hydrogen) atoms. The molecule has 1 amide bonds. The number of rotatable bonds is 12. The molecule has 1 N–H and O–H groups in total. The second kappa shape index (κ2) is 11.7. The van der Waals surface area contributed by atoms with E-state index in [-0.39, 0.29) is 24.0 Å². The molecule has 2 unspecified atom stereocenters. The summed E-state index contributed by atoms with van der Waals surface area (Å²) in [6.45, 7) is 0.731. The van der Waals surface area contributed by atoms with E-state index in [1.165, 1.54) is 20.0 Å². The maximum Gasteiger partial charge on any atom is 0.305 e. The van der Waals surface area contributed by atoms with Gasteiger partial charge in [0.2, 0.25) is 5.91 Å². The van der Waals surface area contributed by atoms with Gasteiger partial charge >= 0.3 is 5.97 Å². The van der Waals surface area contributed by atoms with Crippen molar-refractivity contribution in [3.63, 3.8) is 0 Å². The summed E-state index contributed by atoms with van der Waals surface area (Å²) in [6, 6.07) is 0.113. The first-order chi connectivity index (χ1) is 12.6. The Hall–Kier alpha value is -1.01. The topological polar surface area (TPSA) is 66.8 Å². The van der Waals surface area contributed by atoms with Crippen LogP contribution in [0.1, 0.15) is 57.8 Å². The largest absolute Gasteiger partial charge is 0.469 e. The molecule has 6 heteroatoms. The molecule has 2 atom stereocenters. The van der Waals surface area contributed by atoms with Gasteiger partial charge in [-0.3, -0.25) is 9.59 Å². The molecule has 148 valence electrons. The minimum Gasteiger partial charge on any atom is -0.469 e. The van der Waals surface area contributed by atoms with E-state index < -0.39 is 0 Å². The molecule has 0 radical (unpaired) electrons. The highest BCUT2D eigenvalue weighted by atomic mass is 32.2. The molecular formula is C20H33NO4S. The zero-order valence-electron chi connectivity index (χ0n) is 15.9. The highest BCUT2D eigenvalue weighted by Crippen LogP contribution is 2.34. The van der Waals surface area contributed by atoms with Gasteiger partial charge in [0, 0.05) is 25.1 Å². The van der Waals surface area contributed by atoms with Gasteiger partial charge in [-0.25, -0.2) is 0 Å². The smallest absolute Gasteiger partial charge is 0.305 e. The van der Waals surface area contributed by atoms with E-state index in [9.17, 15) is 14.7 Å². The zero-order chi connectivity index (χ0) is 18.8. The van der Waals surface area contributed by atoms with Crippen LogP contribution in [0.3, 0.4) is 0 Å². The summed E-state index contributed by atoms with van der Waals surface area (Å²) in [6.07, 6.45) is 11.9. The molecule has 2 rings (SSSR count).